The van der Waals surface area contributed by atoms with Gasteiger partial charge in [-0.2, -0.15) is 0 Å². The van der Waals surface area contributed by atoms with Crippen LogP contribution in [0.2, 0.25) is 4.34 Å². The molecule has 0 aromatic carbocycles. The van der Waals surface area contributed by atoms with E-state index in [4.69, 9.17) is 11.6 Å². The Balaban J connectivity index is 1.37. The molecule has 3 aromatic heterocycles. The maximum absolute atomic E-state index is 12.5. The monoisotopic (exact) mass is 400 g/mol. The molecule has 3 aromatic rings. The van der Waals surface area contributed by atoms with Gasteiger partial charge in [-0.15, -0.1) is 11.3 Å². The molecule has 1 saturated heterocycles. The van der Waals surface area contributed by atoms with Crippen LogP contribution in [-0.4, -0.2) is 51.2 Å². The van der Waals surface area contributed by atoms with Crippen LogP contribution in [0.1, 0.15) is 10.6 Å². The molecule has 0 unspecified atom stereocenters. The highest BCUT2D eigenvalue weighted by atomic mass is 35.5. The van der Waals surface area contributed by atoms with Gasteiger partial charge >= 0.3 is 11.8 Å². The van der Waals surface area contributed by atoms with E-state index in [1.54, 1.807) is 22.2 Å². The smallest absolute Gasteiger partial charge is 0.312 e. The quantitative estimate of drug-likeness (QED) is 0.669. The summed E-state index contributed by atoms with van der Waals surface area (Å²) in [4.78, 5) is 36.4. The molecule has 0 spiro atoms. The molecule has 8 heteroatoms. The Hall–Kier alpha value is -2.64. The molecule has 0 aliphatic carbocycles. The van der Waals surface area contributed by atoms with Crippen LogP contribution in [0.4, 0.5) is 0 Å². The molecule has 1 aliphatic rings. The minimum absolute atomic E-state index is 0.386. The van der Waals surface area contributed by atoms with E-state index < -0.39 is 11.8 Å². The fourth-order valence-corrected chi connectivity index (χ4v) is 4.07. The predicted octanol–water partition coefficient (Wildman–Crippen LogP) is 3.16. The zero-order chi connectivity index (χ0) is 18.8. The molecule has 0 atom stereocenters. The van der Waals surface area contributed by atoms with Gasteiger partial charge in [-0.25, -0.2) is 0 Å². The van der Waals surface area contributed by atoms with E-state index >= 15 is 0 Å². The third-order valence-corrected chi connectivity index (χ3v) is 5.64. The van der Waals surface area contributed by atoms with E-state index in [-0.39, 0.29) is 0 Å². The second-order valence-electron chi connectivity index (χ2n) is 6.28. The van der Waals surface area contributed by atoms with E-state index in [9.17, 15) is 9.59 Å². The number of aromatic amines is 1. The lowest BCUT2D eigenvalue weighted by atomic mass is 10.2. The SMILES string of the molecule is O=C1C(=O)N(Cc2cc3ccncc3[nH]2)CCN1CC=Cc1ccc(Cl)s1. The number of halogens is 1. The highest BCUT2D eigenvalue weighted by Gasteiger charge is 2.31. The molecule has 1 fully saturated rings. The summed E-state index contributed by atoms with van der Waals surface area (Å²) in [5.74, 6) is -0.932. The largest absolute Gasteiger partial charge is 0.356 e. The molecule has 4 heterocycles. The summed E-state index contributed by atoms with van der Waals surface area (Å²) in [6, 6.07) is 7.65. The standard InChI is InChI=1S/C19H17ClN4O2S/c20-17-4-3-15(27-17)2-1-7-23-8-9-24(19(26)18(23)25)12-14-10-13-5-6-21-11-16(13)22-14/h1-6,10-11,22H,7-9,12H2. The van der Waals surface area contributed by atoms with Gasteiger partial charge in [-0.3, -0.25) is 14.6 Å². The molecule has 1 N–H and O–H groups in total. The van der Waals surface area contributed by atoms with Crippen molar-refractivity contribution >= 4 is 51.7 Å². The van der Waals surface area contributed by atoms with Crippen molar-refractivity contribution in [2.45, 2.75) is 6.54 Å². The third-order valence-electron chi connectivity index (χ3n) is 4.44. The summed E-state index contributed by atoms with van der Waals surface area (Å²) in [5.41, 5.74) is 1.81. The van der Waals surface area contributed by atoms with Crippen LogP contribution < -0.4 is 0 Å². The van der Waals surface area contributed by atoms with Gasteiger partial charge in [0, 0.05) is 41.8 Å². The summed E-state index contributed by atoms with van der Waals surface area (Å²) in [6.07, 6.45) is 7.27. The maximum Gasteiger partial charge on any atom is 0.312 e. The second kappa shape index (κ2) is 7.54. The Morgan fingerprint density at radius 2 is 2.00 bits per heavy atom. The van der Waals surface area contributed by atoms with E-state index in [0.29, 0.717) is 26.2 Å². The van der Waals surface area contributed by atoms with Crippen molar-refractivity contribution in [1.82, 2.24) is 19.8 Å². The number of nitrogens with zero attached hydrogens (tertiary/aromatic N) is 3. The number of carbonyl (C=O) groups is 2. The van der Waals surface area contributed by atoms with Crippen LogP contribution in [0.15, 0.2) is 42.7 Å². The normalized spacial score (nSPS) is 15.4. The highest BCUT2D eigenvalue weighted by molar-refractivity contribution is 7.16. The fourth-order valence-electron chi connectivity index (χ4n) is 3.08. The number of thiophene rings is 1. The Bertz CT molecular complexity index is 993. The summed E-state index contributed by atoms with van der Waals surface area (Å²) < 4.78 is 0.724. The summed E-state index contributed by atoms with van der Waals surface area (Å²) >= 11 is 7.37. The first-order valence-electron chi connectivity index (χ1n) is 8.52. The summed E-state index contributed by atoms with van der Waals surface area (Å²) in [5, 5.41) is 1.04. The fraction of sp³-hybridized carbons (Fsp3) is 0.211. The molecule has 1 aliphatic heterocycles. The van der Waals surface area contributed by atoms with E-state index in [1.165, 1.54) is 11.3 Å². The first-order chi connectivity index (χ1) is 13.1. The Morgan fingerprint density at radius 1 is 1.19 bits per heavy atom. The number of aromatic nitrogens is 2. The van der Waals surface area contributed by atoms with Crippen LogP contribution in [-0.2, 0) is 16.1 Å². The van der Waals surface area contributed by atoms with Gasteiger partial charge in [0.1, 0.15) is 0 Å². The number of carbonyl (C=O) groups excluding carboxylic acids is 2. The first kappa shape index (κ1) is 17.8. The average Bonchev–Trinajstić information content (AvgIpc) is 3.26. The van der Waals surface area contributed by atoms with Gasteiger partial charge in [0.2, 0.25) is 0 Å². The zero-order valence-corrected chi connectivity index (χ0v) is 16.0. The molecule has 0 bridgehead atoms. The maximum atomic E-state index is 12.5. The zero-order valence-electron chi connectivity index (χ0n) is 14.4. The molecule has 0 saturated carbocycles. The minimum Gasteiger partial charge on any atom is -0.356 e. The van der Waals surface area contributed by atoms with Gasteiger partial charge in [0.15, 0.2) is 0 Å². The molecule has 138 valence electrons. The number of fused-ring (bicyclic) bond motifs is 1. The second-order valence-corrected chi connectivity index (χ2v) is 8.03. The lowest BCUT2D eigenvalue weighted by Crippen LogP contribution is -2.53. The number of H-pyrrole nitrogens is 1. The molecule has 6 nitrogen and oxygen atoms in total. The van der Waals surface area contributed by atoms with Gasteiger partial charge in [0.05, 0.1) is 22.6 Å². The third kappa shape index (κ3) is 3.89. The van der Waals surface area contributed by atoms with Crippen molar-refractivity contribution in [1.29, 1.82) is 0 Å². The molecule has 2 amide bonds. The molecular formula is C19H17ClN4O2S. The minimum atomic E-state index is -0.467. The van der Waals surface area contributed by atoms with Crippen LogP contribution >= 0.6 is 22.9 Å². The van der Waals surface area contributed by atoms with Crippen molar-refractivity contribution in [2.75, 3.05) is 19.6 Å². The van der Waals surface area contributed by atoms with Crippen molar-refractivity contribution in [3.05, 3.63) is 57.6 Å². The van der Waals surface area contributed by atoms with Gasteiger partial charge < -0.3 is 14.8 Å². The number of amides is 2. The number of hydrogen-bond acceptors (Lipinski definition) is 4. The van der Waals surface area contributed by atoms with E-state index in [0.717, 1.165) is 25.8 Å². The Morgan fingerprint density at radius 3 is 2.78 bits per heavy atom. The van der Waals surface area contributed by atoms with Gasteiger partial charge in [0.25, 0.3) is 0 Å². The number of pyridine rings is 1. The molecule has 27 heavy (non-hydrogen) atoms. The summed E-state index contributed by atoms with van der Waals surface area (Å²) in [7, 11) is 0. The predicted molar refractivity (Wildman–Crippen MR) is 106 cm³/mol. The Kier molecular flexibility index (Phi) is 4.96. The summed E-state index contributed by atoms with van der Waals surface area (Å²) in [6.45, 7) is 1.82. The number of nitrogens with one attached hydrogen (secondary N) is 1. The lowest BCUT2D eigenvalue weighted by Gasteiger charge is -2.33. The Labute approximate surface area is 165 Å². The van der Waals surface area contributed by atoms with E-state index in [2.05, 4.69) is 9.97 Å². The van der Waals surface area contributed by atoms with Crippen LogP contribution in [0, 0.1) is 0 Å². The van der Waals surface area contributed by atoms with Crippen LogP contribution in [0.25, 0.3) is 17.0 Å². The lowest BCUT2D eigenvalue weighted by molar-refractivity contribution is -0.156. The highest BCUT2D eigenvalue weighted by Crippen LogP contribution is 2.22. The van der Waals surface area contributed by atoms with Gasteiger partial charge in [-0.05, 0) is 30.3 Å². The average molecular weight is 401 g/mol. The number of piperazine rings is 1. The van der Waals surface area contributed by atoms with Crippen molar-refractivity contribution in [3.63, 3.8) is 0 Å². The molecule has 4 rings (SSSR count). The van der Waals surface area contributed by atoms with Crippen molar-refractivity contribution in [2.24, 2.45) is 0 Å². The number of rotatable bonds is 5. The van der Waals surface area contributed by atoms with Crippen molar-refractivity contribution in [3.8, 4) is 0 Å². The number of hydrogen-bond donors (Lipinski definition) is 1. The first-order valence-corrected chi connectivity index (χ1v) is 9.71. The van der Waals surface area contributed by atoms with Crippen LogP contribution in [0.3, 0.4) is 0 Å². The van der Waals surface area contributed by atoms with E-state index in [1.807, 2.05) is 36.4 Å². The molecular weight excluding hydrogens is 384 g/mol. The van der Waals surface area contributed by atoms with Crippen LogP contribution in [0.5, 0.6) is 0 Å². The molecule has 0 radical (unpaired) electrons. The topological polar surface area (TPSA) is 69.3 Å². The van der Waals surface area contributed by atoms with Gasteiger partial charge in [-0.1, -0.05) is 17.7 Å². The van der Waals surface area contributed by atoms with Crippen molar-refractivity contribution < 1.29 is 9.59 Å².